The van der Waals surface area contributed by atoms with Gasteiger partial charge in [0.15, 0.2) is 0 Å². The molecule has 0 aliphatic carbocycles. The maximum absolute atomic E-state index is 11.9. The molecule has 1 aromatic carbocycles. The van der Waals surface area contributed by atoms with E-state index in [4.69, 9.17) is 4.74 Å². The summed E-state index contributed by atoms with van der Waals surface area (Å²) in [7, 11) is 1.65. The Morgan fingerprint density at radius 3 is 2.57 bits per heavy atom. The highest BCUT2D eigenvalue weighted by Gasteiger charge is 2.08. The molecule has 21 heavy (non-hydrogen) atoms. The molecule has 0 unspecified atom stereocenters. The van der Waals surface area contributed by atoms with E-state index in [-0.39, 0.29) is 5.91 Å². The molecule has 1 rings (SSSR count). The molecule has 0 saturated heterocycles. The first-order valence-electron chi connectivity index (χ1n) is 7.73. The Kier molecular flexibility index (Phi) is 8.99. The first-order valence-corrected chi connectivity index (χ1v) is 8.71. The topological polar surface area (TPSA) is 38.3 Å². The monoisotopic (exact) mass is 309 g/mol. The van der Waals surface area contributed by atoms with Crippen molar-refractivity contribution in [3.63, 3.8) is 0 Å². The highest BCUT2D eigenvalue weighted by molar-refractivity contribution is 8.00. The molecule has 0 saturated carbocycles. The average Bonchev–Trinajstić information content (AvgIpc) is 2.53. The highest BCUT2D eigenvalue weighted by atomic mass is 32.2. The highest BCUT2D eigenvalue weighted by Crippen LogP contribution is 2.21. The average molecular weight is 309 g/mol. The lowest BCUT2D eigenvalue weighted by Crippen LogP contribution is -2.30. The van der Waals surface area contributed by atoms with Gasteiger partial charge in [-0.3, -0.25) is 4.79 Å². The minimum Gasteiger partial charge on any atom is -0.497 e. The molecule has 3 nitrogen and oxygen atoms in total. The fourth-order valence-corrected chi connectivity index (χ4v) is 2.80. The van der Waals surface area contributed by atoms with Crippen LogP contribution in [-0.2, 0) is 4.79 Å². The second kappa shape index (κ2) is 10.6. The number of amides is 1. The Balaban J connectivity index is 2.26. The number of benzene rings is 1. The van der Waals surface area contributed by atoms with Gasteiger partial charge in [0.05, 0.1) is 12.9 Å². The SMILES string of the molecule is CCCC[C@H](CC)CNC(=O)CSc1ccc(OC)cc1. The van der Waals surface area contributed by atoms with Gasteiger partial charge in [0.1, 0.15) is 5.75 Å². The van der Waals surface area contributed by atoms with Gasteiger partial charge in [-0.15, -0.1) is 11.8 Å². The molecule has 0 aliphatic heterocycles. The fraction of sp³-hybridized carbons (Fsp3) is 0.588. The van der Waals surface area contributed by atoms with Crippen molar-refractivity contribution in [1.29, 1.82) is 0 Å². The maximum atomic E-state index is 11.9. The zero-order valence-corrected chi connectivity index (χ0v) is 14.2. The summed E-state index contributed by atoms with van der Waals surface area (Å²) in [4.78, 5) is 13.0. The van der Waals surface area contributed by atoms with Crippen LogP contribution in [0.5, 0.6) is 5.75 Å². The molecule has 4 heteroatoms. The smallest absolute Gasteiger partial charge is 0.230 e. The van der Waals surface area contributed by atoms with Crippen molar-refractivity contribution in [2.45, 2.75) is 44.4 Å². The van der Waals surface area contributed by atoms with Crippen molar-refractivity contribution in [2.75, 3.05) is 19.4 Å². The van der Waals surface area contributed by atoms with Gasteiger partial charge in [0, 0.05) is 11.4 Å². The van der Waals surface area contributed by atoms with E-state index >= 15 is 0 Å². The molecule has 0 aliphatic rings. The minimum atomic E-state index is 0.116. The van der Waals surface area contributed by atoms with Crippen LogP contribution in [0.3, 0.4) is 0 Å². The Morgan fingerprint density at radius 1 is 1.29 bits per heavy atom. The van der Waals surface area contributed by atoms with Crippen molar-refractivity contribution in [3.05, 3.63) is 24.3 Å². The normalized spacial score (nSPS) is 12.0. The number of methoxy groups -OCH3 is 1. The van der Waals surface area contributed by atoms with E-state index in [1.165, 1.54) is 19.3 Å². The van der Waals surface area contributed by atoms with Crippen LogP contribution in [0.15, 0.2) is 29.2 Å². The van der Waals surface area contributed by atoms with Crippen LogP contribution >= 0.6 is 11.8 Å². The first kappa shape index (κ1) is 17.9. The summed E-state index contributed by atoms with van der Waals surface area (Å²) < 4.78 is 5.12. The number of carbonyl (C=O) groups excluding carboxylic acids is 1. The quantitative estimate of drug-likeness (QED) is 0.661. The molecule has 0 heterocycles. The van der Waals surface area contributed by atoms with Gasteiger partial charge in [0.2, 0.25) is 5.91 Å². The second-order valence-corrected chi connectivity index (χ2v) is 6.23. The Labute approximate surface area is 132 Å². The minimum absolute atomic E-state index is 0.116. The van der Waals surface area contributed by atoms with E-state index in [9.17, 15) is 4.79 Å². The van der Waals surface area contributed by atoms with E-state index in [0.717, 1.165) is 23.6 Å². The largest absolute Gasteiger partial charge is 0.497 e. The zero-order chi connectivity index (χ0) is 15.5. The molecular formula is C17H27NO2S. The number of nitrogens with one attached hydrogen (secondary N) is 1. The number of thioether (sulfide) groups is 1. The van der Waals surface area contributed by atoms with Gasteiger partial charge in [-0.25, -0.2) is 0 Å². The molecule has 0 aromatic heterocycles. The van der Waals surface area contributed by atoms with Crippen molar-refractivity contribution in [3.8, 4) is 5.75 Å². The van der Waals surface area contributed by atoms with E-state index in [2.05, 4.69) is 19.2 Å². The van der Waals surface area contributed by atoms with Gasteiger partial charge in [0.25, 0.3) is 0 Å². The number of ether oxygens (including phenoxy) is 1. The van der Waals surface area contributed by atoms with E-state index in [1.807, 2.05) is 24.3 Å². The Bertz CT molecular complexity index is 406. The number of hydrogen-bond donors (Lipinski definition) is 1. The standard InChI is InChI=1S/C17H27NO2S/c1-4-6-7-14(5-2)12-18-17(19)13-21-16-10-8-15(20-3)9-11-16/h8-11,14H,4-7,12-13H2,1-3H3,(H,18,19)/t14-/m0/s1. The molecule has 0 fully saturated rings. The predicted molar refractivity (Wildman–Crippen MR) is 90.0 cm³/mol. The van der Waals surface area contributed by atoms with Crippen molar-refractivity contribution in [2.24, 2.45) is 5.92 Å². The van der Waals surface area contributed by atoms with Crippen molar-refractivity contribution in [1.82, 2.24) is 5.32 Å². The van der Waals surface area contributed by atoms with Gasteiger partial charge in [-0.1, -0.05) is 33.1 Å². The maximum Gasteiger partial charge on any atom is 0.230 e. The van der Waals surface area contributed by atoms with Crippen molar-refractivity contribution >= 4 is 17.7 Å². The molecule has 1 N–H and O–H groups in total. The molecule has 1 aromatic rings. The van der Waals surface area contributed by atoms with Crippen molar-refractivity contribution < 1.29 is 9.53 Å². The van der Waals surface area contributed by atoms with Gasteiger partial charge in [-0.2, -0.15) is 0 Å². The summed E-state index contributed by atoms with van der Waals surface area (Å²) in [5, 5.41) is 3.05. The summed E-state index contributed by atoms with van der Waals surface area (Å²) in [6.45, 7) is 5.20. The fourth-order valence-electron chi connectivity index (χ4n) is 2.07. The first-order chi connectivity index (χ1) is 10.2. The molecule has 0 spiro atoms. The third kappa shape index (κ3) is 7.42. The van der Waals surface area contributed by atoms with Crippen LogP contribution in [0.4, 0.5) is 0 Å². The van der Waals surface area contributed by atoms with Gasteiger partial charge >= 0.3 is 0 Å². The molecule has 0 bridgehead atoms. The Morgan fingerprint density at radius 2 is 2.00 bits per heavy atom. The van der Waals surface area contributed by atoms with Crippen LogP contribution < -0.4 is 10.1 Å². The van der Waals surface area contributed by atoms with E-state index in [0.29, 0.717) is 11.7 Å². The number of carbonyl (C=O) groups is 1. The zero-order valence-electron chi connectivity index (χ0n) is 13.4. The summed E-state index contributed by atoms with van der Waals surface area (Å²) in [5.74, 6) is 2.03. The van der Waals surface area contributed by atoms with Gasteiger partial charge in [-0.05, 0) is 36.6 Å². The molecule has 118 valence electrons. The summed E-state index contributed by atoms with van der Waals surface area (Å²) in [5.41, 5.74) is 0. The molecule has 1 atom stereocenters. The number of rotatable bonds is 10. The molecular weight excluding hydrogens is 282 g/mol. The number of hydrogen-bond acceptors (Lipinski definition) is 3. The van der Waals surface area contributed by atoms with Crippen LogP contribution in [0.2, 0.25) is 0 Å². The van der Waals surface area contributed by atoms with E-state index in [1.54, 1.807) is 18.9 Å². The summed E-state index contributed by atoms with van der Waals surface area (Å²) >= 11 is 1.56. The van der Waals surface area contributed by atoms with Crippen LogP contribution in [0.1, 0.15) is 39.5 Å². The molecule has 0 radical (unpaired) electrons. The third-order valence-electron chi connectivity index (χ3n) is 3.56. The molecule has 1 amide bonds. The van der Waals surface area contributed by atoms with Crippen LogP contribution in [-0.4, -0.2) is 25.3 Å². The van der Waals surface area contributed by atoms with Crippen LogP contribution in [0.25, 0.3) is 0 Å². The third-order valence-corrected chi connectivity index (χ3v) is 4.57. The number of unbranched alkanes of at least 4 members (excludes halogenated alkanes) is 1. The van der Waals surface area contributed by atoms with Crippen LogP contribution in [0, 0.1) is 5.92 Å². The predicted octanol–water partition coefficient (Wildman–Crippen LogP) is 4.12. The van der Waals surface area contributed by atoms with Gasteiger partial charge < -0.3 is 10.1 Å². The summed E-state index contributed by atoms with van der Waals surface area (Å²) in [6, 6.07) is 7.79. The Hall–Kier alpha value is -1.16. The lowest BCUT2D eigenvalue weighted by molar-refractivity contribution is -0.118. The summed E-state index contributed by atoms with van der Waals surface area (Å²) in [6.07, 6.45) is 4.80. The van der Waals surface area contributed by atoms with E-state index < -0.39 is 0 Å². The lowest BCUT2D eigenvalue weighted by Gasteiger charge is -2.15. The lowest BCUT2D eigenvalue weighted by atomic mass is 9.99. The second-order valence-electron chi connectivity index (χ2n) is 5.18.